The number of nitrogens with zero attached hydrogens (tertiary/aromatic N) is 1. The molecule has 1 aliphatic heterocycles. The summed E-state index contributed by atoms with van der Waals surface area (Å²) in [6, 6.07) is 8.70. The molecular formula is C15H22BrNO. The maximum atomic E-state index is 5.97. The SMILES string of the molecule is CCCN(CCBr)CC1OCCc2ccccc21. The molecule has 0 radical (unpaired) electrons. The zero-order chi connectivity index (χ0) is 12.8. The molecule has 0 bridgehead atoms. The summed E-state index contributed by atoms with van der Waals surface area (Å²) in [6.07, 6.45) is 2.50. The van der Waals surface area contributed by atoms with E-state index in [0.29, 0.717) is 0 Å². The van der Waals surface area contributed by atoms with E-state index >= 15 is 0 Å². The van der Waals surface area contributed by atoms with E-state index in [1.165, 1.54) is 17.5 Å². The second-order valence-corrected chi connectivity index (χ2v) is 5.59. The van der Waals surface area contributed by atoms with Crippen molar-refractivity contribution in [1.29, 1.82) is 0 Å². The van der Waals surface area contributed by atoms with E-state index in [0.717, 1.165) is 38.0 Å². The van der Waals surface area contributed by atoms with Gasteiger partial charge in [0.25, 0.3) is 0 Å². The zero-order valence-electron chi connectivity index (χ0n) is 11.1. The van der Waals surface area contributed by atoms with E-state index in [-0.39, 0.29) is 6.10 Å². The van der Waals surface area contributed by atoms with Crippen LogP contribution in [0.3, 0.4) is 0 Å². The van der Waals surface area contributed by atoms with Crippen LogP contribution >= 0.6 is 15.9 Å². The quantitative estimate of drug-likeness (QED) is 0.747. The van der Waals surface area contributed by atoms with Gasteiger partial charge in [-0.2, -0.15) is 0 Å². The van der Waals surface area contributed by atoms with Gasteiger partial charge < -0.3 is 4.74 Å². The third-order valence-corrected chi connectivity index (χ3v) is 3.81. The Bertz CT molecular complexity index is 363. The van der Waals surface area contributed by atoms with E-state index in [1.807, 2.05) is 0 Å². The zero-order valence-corrected chi connectivity index (χ0v) is 12.7. The van der Waals surface area contributed by atoms with Crippen LogP contribution in [0.5, 0.6) is 0 Å². The lowest BCUT2D eigenvalue weighted by molar-refractivity contribution is 0.0172. The van der Waals surface area contributed by atoms with Crippen LogP contribution in [-0.4, -0.2) is 36.5 Å². The number of alkyl halides is 1. The van der Waals surface area contributed by atoms with Crippen LogP contribution in [0, 0.1) is 0 Å². The number of fused-ring (bicyclic) bond motifs is 1. The highest BCUT2D eigenvalue weighted by Crippen LogP contribution is 2.27. The fourth-order valence-electron chi connectivity index (χ4n) is 2.59. The molecule has 0 saturated carbocycles. The summed E-state index contributed by atoms with van der Waals surface area (Å²) in [5.74, 6) is 0. The molecule has 0 aromatic heterocycles. The molecule has 1 unspecified atom stereocenters. The monoisotopic (exact) mass is 311 g/mol. The average Bonchev–Trinajstić information content (AvgIpc) is 2.40. The predicted molar refractivity (Wildman–Crippen MR) is 79.4 cm³/mol. The van der Waals surface area contributed by atoms with Gasteiger partial charge in [-0.1, -0.05) is 47.1 Å². The van der Waals surface area contributed by atoms with Crippen molar-refractivity contribution in [2.24, 2.45) is 0 Å². The minimum atomic E-state index is 0.251. The molecule has 1 aromatic carbocycles. The average molecular weight is 312 g/mol. The summed E-state index contributed by atoms with van der Waals surface area (Å²) < 4.78 is 5.97. The van der Waals surface area contributed by atoms with E-state index < -0.39 is 0 Å². The van der Waals surface area contributed by atoms with Crippen molar-refractivity contribution in [2.45, 2.75) is 25.9 Å². The molecular weight excluding hydrogens is 290 g/mol. The summed E-state index contributed by atoms with van der Waals surface area (Å²) in [5.41, 5.74) is 2.85. The van der Waals surface area contributed by atoms with Crippen LogP contribution < -0.4 is 0 Å². The Balaban J connectivity index is 2.05. The Labute approximate surface area is 118 Å². The summed E-state index contributed by atoms with van der Waals surface area (Å²) in [5, 5.41) is 1.03. The molecule has 3 heteroatoms. The maximum Gasteiger partial charge on any atom is 0.0954 e. The second kappa shape index (κ2) is 7.27. The first-order valence-corrected chi connectivity index (χ1v) is 7.95. The molecule has 0 amide bonds. The van der Waals surface area contributed by atoms with Crippen molar-refractivity contribution in [3.8, 4) is 0 Å². The molecule has 100 valence electrons. The standard InChI is InChI=1S/C15H22BrNO/c1-2-9-17(10-8-16)12-15-14-6-4-3-5-13(14)7-11-18-15/h3-6,15H,2,7-12H2,1H3. The molecule has 2 nitrogen and oxygen atoms in total. The minimum absolute atomic E-state index is 0.251. The van der Waals surface area contributed by atoms with E-state index in [1.54, 1.807) is 0 Å². The highest BCUT2D eigenvalue weighted by molar-refractivity contribution is 9.09. The van der Waals surface area contributed by atoms with Crippen molar-refractivity contribution in [3.63, 3.8) is 0 Å². The summed E-state index contributed by atoms with van der Waals surface area (Å²) >= 11 is 3.53. The van der Waals surface area contributed by atoms with Gasteiger partial charge in [-0.15, -0.1) is 0 Å². The Morgan fingerprint density at radius 2 is 2.17 bits per heavy atom. The fourth-order valence-corrected chi connectivity index (χ4v) is 3.09. The third kappa shape index (κ3) is 3.56. The van der Waals surface area contributed by atoms with Gasteiger partial charge in [0.05, 0.1) is 12.7 Å². The lowest BCUT2D eigenvalue weighted by atomic mass is 9.97. The number of ether oxygens (including phenoxy) is 1. The first-order chi connectivity index (χ1) is 8.85. The number of benzene rings is 1. The first kappa shape index (κ1) is 14.0. The van der Waals surface area contributed by atoms with Crippen molar-refractivity contribution < 1.29 is 4.74 Å². The van der Waals surface area contributed by atoms with Crippen LogP contribution in [0.1, 0.15) is 30.6 Å². The molecule has 0 saturated heterocycles. The van der Waals surface area contributed by atoms with Crippen molar-refractivity contribution in [2.75, 3.05) is 31.6 Å². The van der Waals surface area contributed by atoms with E-state index in [9.17, 15) is 0 Å². The number of hydrogen-bond donors (Lipinski definition) is 0. The third-order valence-electron chi connectivity index (χ3n) is 3.46. The summed E-state index contributed by atoms with van der Waals surface area (Å²) in [6.45, 7) is 6.34. The normalized spacial score (nSPS) is 18.9. The first-order valence-electron chi connectivity index (χ1n) is 6.83. The highest BCUT2D eigenvalue weighted by Gasteiger charge is 2.22. The van der Waals surface area contributed by atoms with E-state index in [4.69, 9.17) is 4.74 Å². The smallest absolute Gasteiger partial charge is 0.0954 e. The van der Waals surface area contributed by atoms with Gasteiger partial charge in [-0.3, -0.25) is 4.90 Å². The predicted octanol–water partition coefficient (Wildman–Crippen LogP) is 3.41. The van der Waals surface area contributed by atoms with Crippen LogP contribution in [-0.2, 0) is 11.2 Å². The van der Waals surface area contributed by atoms with Gasteiger partial charge in [-0.25, -0.2) is 0 Å². The summed E-state index contributed by atoms with van der Waals surface area (Å²) in [4.78, 5) is 2.49. The van der Waals surface area contributed by atoms with Crippen LogP contribution in [0.15, 0.2) is 24.3 Å². The Kier molecular flexibility index (Phi) is 5.67. The molecule has 0 fully saturated rings. The van der Waals surface area contributed by atoms with Gasteiger partial charge in [0.1, 0.15) is 0 Å². The van der Waals surface area contributed by atoms with Crippen molar-refractivity contribution in [3.05, 3.63) is 35.4 Å². The molecule has 0 aliphatic carbocycles. The number of hydrogen-bond acceptors (Lipinski definition) is 2. The largest absolute Gasteiger partial charge is 0.372 e. The van der Waals surface area contributed by atoms with Gasteiger partial charge >= 0.3 is 0 Å². The molecule has 1 atom stereocenters. The molecule has 1 aliphatic rings. The molecule has 0 spiro atoms. The number of rotatable bonds is 6. The Morgan fingerprint density at radius 3 is 2.94 bits per heavy atom. The molecule has 1 heterocycles. The molecule has 2 rings (SSSR count). The number of halogens is 1. The molecule has 1 aromatic rings. The van der Waals surface area contributed by atoms with Gasteiger partial charge in [-0.05, 0) is 30.5 Å². The van der Waals surface area contributed by atoms with Gasteiger partial charge in [0.15, 0.2) is 0 Å². The summed E-state index contributed by atoms with van der Waals surface area (Å²) in [7, 11) is 0. The van der Waals surface area contributed by atoms with Gasteiger partial charge in [0, 0.05) is 18.4 Å². The fraction of sp³-hybridized carbons (Fsp3) is 0.600. The lowest BCUT2D eigenvalue weighted by Gasteiger charge is -2.31. The van der Waals surface area contributed by atoms with Crippen LogP contribution in [0.2, 0.25) is 0 Å². The van der Waals surface area contributed by atoms with Crippen molar-refractivity contribution >= 4 is 15.9 Å². The van der Waals surface area contributed by atoms with Crippen molar-refractivity contribution in [1.82, 2.24) is 4.90 Å². The maximum absolute atomic E-state index is 5.97. The van der Waals surface area contributed by atoms with E-state index in [2.05, 4.69) is 52.0 Å². The van der Waals surface area contributed by atoms with Crippen LogP contribution in [0.4, 0.5) is 0 Å². The Hall–Kier alpha value is -0.380. The topological polar surface area (TPSA) is 12.5 Å². The Morgan fingerprint density at radius 1 is 1.33 bits per heavy atom. The second-order valence-electron chi connectivity index (χ2n) is 4.80. The minimum Gasteiger partial charge on any atom is -0.372 e. The molecule has 0 N–H and O–H groups in total. The highest BCUT2D eigenvalue weighted by atomic mass is 79.9. The van der Waals surface area contributed by atoms with Gasteiger partial charge in [0.2, 0.25) is 0 Å². The van der Waals surface area contributed by atoms with Crippen LogP contribution in [0.25, 0.3) is 0 Å². The lowest BCUT2D eigenvalue weighted by Crippen LogP contribution is -2.34. The molecule has 18 heavy (non-hydrogen) atoms.